The number of rotatable bonds is 9. The second-order valence-corrected chi connectivity index (χ2v) is 11.4. The quantitative estimate of drug-likeness (QED) is 0.508. The molecule has 7 nitrogen and oxygen atoms in total. The Bertz CT molecular complexity index is 1190. The lowest BCUT2D eigenvalue weighted by atomic mass is 10.1. The Balaban J connectivity index is 1.92. The first kappa shape index (κ1) is 27.2. The molecule has 0 heterocycles. The van der Waals surface area contributed by atoms with E-state index in [0.717, 1.165) is 36.2 Å². The molecule has 2 amide bonds. The number of carbonyl (C=O) groups is 2. The topological polar surface area (TPSA) is 86.8 Å². The lowest BCUT2D eigenvalue weighted by molar-refractivity contribution is -0.139. The third-order valence-corrected chi connectivity index (χ3v) is 7.70. The van der Waals surface area contributed by atoms with Gasteiger partial charge in [-0.05, 0) is 44.0 Å². The summed E-state index contributed by atoms with van der Waals surface area (Å²) in [5.74, 6) is -1.61. The summed E-state index contributed by atoms with van der Waals surface area (Å²) >= 11 is 12.3. The molecule has 35 heavy (non-hydrogen) atoms. The highest BCUT2D eigenvalue weighted by Crippen LogP contribution is 2.31. The molecule has 0 unspecified atom stereocenters. The molecule has 1 saturated carbocycles. The molecular weight excluding hydrogens is 516 g/mol. The van der Waals surface area contributed by atoms with Crippen molar-refractivity contribution in [1.29, 1.82) is 0 Å². The zero-order valence-electron chi connectivity index (χ0n) is 19.5. The van der Waals surface area contributed by atoms with Gasteiger partial charge in [-0.15, -0.1) is 0 Å². The van der Waals surface area contributed by atoms with E-state index < -0.39 is 34.3 Å². The van der Waals surface area contributed by atoms with Crippen LogP contribution in [-0.4, -0.2) is 50.0 Å². The number of hydrogen-bond acceptors (Lipinski definition) is 4. The number of halogens is 3. The average Bonchev–Trinajstić information content (AvgIpc) is 3.30. The van der Waals surface area contributed by atoms with E-state index in [9.17, 15) is 22.4 Å². The standard InChI is InChI=1S/C24H28Cl2FN3O4S/c1-16(24(32)28-19-8-4-5-9-19)29(14-17-7-3-6-10-21(17)27)23(31)15-30(35(2,33)34)22-13-18(25)11-12-20(22)26/h3,6-7,10-13,16,19H,4-5,8-9,14-15H2,1-2H3,(H,28,32)/t16-/m1/s1. The predicted octanol–water partition coefficient (Wildman–Crippen LogP) is 4.37. The molecule has 0 aliphatic heterocycles. The van der Waals surface area contributed by atoms with Crippen molar-refractivity contribution in [2.24, 2.45) is 0 Å². The molecule has 3 rings (SSSR count). The van der Waals surface area contributed by atoms with Gasteiger partial charge >= 0.3 is 0 Å². The van der Waals surface area contributed by atoms with E-state index in [-0.39, 0.29) is 39.8 Å². The van der Waals surface area contributed by atoms with Crippen LogP contribution < -0.4 is 9.62 Å². The largest absolute Gasteiger partial charge is 0.352 e. The van der Waals surface area contributed by atoms with Gasteiger partial charge in [-0.2, -0.15) is 0 Å². The number of benzene rings is 2. The molecule has 0 saturated heterocycles. The summed E-state index contributed by atoms with van der Waals surface area (Å²) < 4.78 is 40.5. The maximum atomic E-state index is 14.4. The van der Waals surface area contributed by atoms with Crippen LogP contribution in [-0.2, 0) is 26.2 Å². The summed E-state index contributed by atoms with van der Waals surface area (Å²) in [5.41, 5.74) is 0.233. The van der Waals surface area contributed by atoms with Crippen LogP contribution in [0.4, 0.5) is 10.1 Å². The summed E-state index contributed by atoms with van der Waals surface area (Å²) in [4.78, 5) is 27.7. The Labute approximate surface area is 215 Å². The molecule has 1 atom stereocenters. The highest BCUT2D eigenvalue weighted by atomic mass is 35.5. The Morgan fingerprint density at radius 2 is 1.80 bits per heavy atom. The van der Waals surface area contributed by atoms with Crippen LogP contribution in [0.2, 0.25) is 10.0 Å². The molecule has 11 heteroatoms. The van der Waals surface area contributed by atoms with Gasteiger partial charge < -0.3 is 10.2 Å². The van der Waals surface area contributed by atoms with E-state index in [1.54, 1.807) is 13.0 Å². The molecule has 0 spiro atoms. The smallest absolute Gasteiger partial charge is 0.244 e. The molecule has 2 aromatic rings. The second-order valence-electron chi connectivity index (χ2n) is 8.64. The molecule has 1 fully saturated rings. The van der Waals surface area contributed by atoms with Crippen LogP contribution in [0.15, 0.2) is 42.5 Å². The fourth-order valence-electron chi connectivity index (χ4n) is 4.06. The van der Waals surface area contributed by atoms with E-state index in [0.29, 0.717) is 0 Å². The Hall–Kier alpha value is -2.36. The summed E-state index contributed by atoms with van der Waals surface area (Å²) in [5, 5.41) is 3.27. The van der Waals surface area contributed by atoms with Crippen LogP contribution in [0.5, 0.6) is 0 Å². The van der Waals surface area contributed by atoms with E-state index in [2.05, 4.69) is 5.32 Å². The lowest BCUT2D eigenvalue weighted by Gasteiger charge is -2.32. The lowest BCUT2D eigenvalue weighted by Crippen LogP contribution is -2.52. The second kappa shape index (κ2) is 11.6. The van der Waals surface area contributed by atoms with Gasteiger partial charge in [-0.1, -0.05) is 54.2 Å². The SMILES string of the molecule is C[C@H](C(=O)NC1CCCC1)N(Cc1ccccc1F)C(=O)CN(c1cc(Cl)ccc1Cl)S(C)(=O)=O. The van der Waals surface area contributed by atoms with E-state index in [1.807, 2.05) is 0 Å². The van der Waals surface area contributed by atoms with E-state index in [1.165, 1.54) is 41.3 Å². The van der Waals surface area contributed by atoms with E-state index >= 15 is 0 Å². The minimum Gasteiger partial charge on any atom is -0.352 e. The van der Waals surface area contributed by atoms with Gasteiger partial charge in [-0.25, -0.2) is 12.8 Å². The number of hydrogen-bond donors (Lipinski definition) is 1. The Morgan fingerprint density at radius 1 is 1.14 bits per heavy atom. The van der Waals surface area contributed by atoms with Crippen molar-refractivity contribution in [3.05, 3.63) is 63.9 Å². The zero-order valence-corrected chi connectivity index (χ0v) is 21.8. The molecule has 1 aliphatic carbocycles. The summed E-state index contributed by atoms with van der Waals surface area (Å²) in [6.45, 7) is 0.681. The third kappa shape index (κ3) is 7.08. The monoisotopic (exact) mass is 543 g/mol. The summed E-state index contributed by atoms with van der Waals surface area (Å²) in [6.07, 6.45) is 4.68. The van der Waals surface area contributed by atoms with Crippen molar-refractivity contribution < 1.29 is 22.4 Å². The van der Waals surface area contributed by atoms with Crippen molar-refractivity contribution in [1.82, 2.24) is 10.2 Å². The number of nitrogens with one attached hydrogen (secondary N) is 1. The van der Waals surface area contributed by atoms with Crippen LogP contribution in [0, 0.1) is 5.82 Å². The van der Waals surface area contributed by atoms with Crippen molar-refractivity contribution in [3.63, 3.8) is 0 Å². The van der Waals surface area contributed by atoms with Gasteiger partial charge in [-0.3, -0.25) is 13.9 Å². The maximum Gasteiger partial charge on any atom is 0.244 e. The third-order valence-electron chi connectivity index (χ3n) is 6.02. The van der Waals surface area contributed by atoms with Gasteiger partial charge in [0.05, 0.1) is 17.0 Å². The van der Waals surface area contributed by atoms with Gasteiger partial charge in [0.2, 0.25) is 21.8 Å². The average molecular weight is 544 g/mol. The number of sulfonamides is 1. The minimum absolute atomic E-state index is 0.0214. The normalized spacial score (nSPS) is 15.0. The van der Waals surface area contributed by atoms with Gasteiger partial charge in [0.1, 0.15) is 18.4 Å². The van der Waals surface area contributed by atoms with Crippen molar-refractivity contribution in [2.45, 2.75) is 51.2 Å². The molecule has 2 aromatic carbocycles. The maximum absolute atomic E-state index is 14.4. The first-order chi connectivity index (χ1) is 16.5. The highest BCUT2D eigenvalue weighted by molar-refractivity contribution is 7.92. The molecule has 0 bridgehead atoms. The van der Waals surface area contributed by atoms with Crippen LogP contribution in [0.25, 0.3) is 0 Å². The number of carbonyl (C=O) groups excluding carboxylic acids is 2. The molecule has 0 aromatic heterocycles. The summed E-state index contributed by atoms with van der Waals surface area (Å²) in [6, 6.07) is 9.23. The highest BCUT2D eigenvalue weighted by Gasteiger charge is 2.32. The zero-order chi connectivity index (χ0) is 25.8. The number of anilines is 1. The molecule has 1 aliphatic rings. The predicted molar refractivity (Wildman–Crippen MR) is 135 cm³/mol. The van der Waals surface area contributed by atoms with Crippen molar-refractivity contribution in [3.8, 4) is 0 Å². The van der Waals surface area contributed by atoms with Crippen LogP contribution in [0.3, 0.4) is 0 Å². The molecular formula is C24H28Cl2FN3O4S. The van der Waals surface area contributed by atoms with Crippen molar-refractivity contribution >= 4 is 50.7 Å². The first-order valence-corrected chi connectivity index (χ1v) is 13.8. The van der Waals surface area contributed by atoms with Gasteiger partial charge in [0.15, 0.2) is 0 Å². The fraction of sp³-hybridized carbons (Fsp3) is 0.417. The minimum atomic E-state index is -3.96. The number of nitrogens with zero attached hydrogens (tertiary/aromatic N) is 2. The van der Waals surface area contributed by atoms with E-state index in [4.69, 9.17) is 23.2 Å². The molecule has 190 valence electrons. The van der Waals surface area contributed by atoms with Crippen LogP contribution >= 0.6 is 23.2 Å². The first-order valence-electron chi connectivity index (χ1n) is 11.2. The Morgan fingerprint density at radius 3 is 2.43 bits per heavy atom. The van der Waals surface area contributed by atoms with Gasteiger partial charge in [0, 0.05) is 23.2 Å². The fourth-order valence-corrected chi connectivity index (χ4v) is 5.35. The van der Waals surface area contributed by atoms with Gasteiger partial charge in [0.25, 0.3) is 0 Å². The summed E-state index contributed by atoms with van der Waals surface area (Å²) in [7, 11) is -3.96. The van der Waals surface area contributed by atoms with Crippen LogP contribution in [0.1, 0.15) is 38.2 Å². The molecule has 1 N–H and O–H groups in total. The number of amides is 2. The Kier molecular flexibility index (Phi) is 9.01. The van der Waals surface area contributed by atoms with Crippen molar-refractivity contribution in [2.75, 3.05) is 17.1 Å². The molecule has 0 radical (unpaired) electrons.